The van der Waals surface area contributed by atoms with E-state index in [1.807, 2.05) is 37.3 Å². The smallest absolute Gasteiger partial charge is 0.257 e. The molecule has 7 heteroatoms. The van der Waals surface area contributed by atoms with Gasteiger partial charge in [-0.05, 0) is 36.8 Å². The van der Waals surface area contributed by atoms with Crippen molar-refractivity contribution in [2.45, 2.75) is 18.4 Å². The third kappa shape index (κ3) is 5.36. The lowest BCUT2D eigenvalue weighted by Gasteiger charge is -2.09. The summed E-state index contributed by atoms with van der Waals surface area (Å²) < 4.78 is 32.3. The van der Waals surface area contributed by atoms with Crippen LogP contribution in [-0.4, -0.2) is 27.5 Å². The number of carbonyl (C=O) groups excluding carboxylic acids is 1. The van der Waals surface area contributed by atoms with Gasteiger partial charge in [0.15, 0.2) is 6.61 Å². The molecule has 6 nitrogen and oxygen atoms in total. The number of hydrogen-bond acceptors (Lipinski definition) is 4. The number of benzene rings is 2. The van der Waals surface area contributed by atoms with Gasteiger partial charge in [-0.25, -0.2) is 13.1 Å². The van der Waals surface area contributed by atoms with E-state index < -0.39 is 10.0 Å². The molecule has 1 amide bonds. The van der Waals surface area contributed by atoms with Crippen LogP contribution in [0.25, 0.3) is 0 Å². The first-order valence-corrected chi connectivity index (χ1v) is 9.03. The van der Waals surface area contributed by atoms with Crippen molar-refractivity contribution >= 4 is 15.9 Å². The van der Waals surface area contributed by atoms with Crippen molar-refractivity contribution in [3.8, 4) is 5.75 Å². The third-order valence-corrected chi connectivity index (χ3v) is 4.60. The van der Waals surface area contributed by atoms with E-state index >= 15 is 0 Å². The molecule has 0 aromatic heterocycles. The Labute approximate surface area is 141 Å². The number of nitrogens with one attached hydrogen (secondary N) is 2. The largest absolute Gasteiger partial charge is 0.484 e. The first kappa shape index (κ1) is 18.0. The molecule has 0 fully saturated rings. The summed E-state index contributed by atoms with van der Waals surface area (Å²) in [6.07, 6.45) is 0. The first-order chi connectivity index (χ1) is 11.5. The third-order valence-electron chi connectivity index (χ3n) is 3.19. The van der Waals surface area contributed by atoms with Gasteiger partial charge < -0.3 is 10.1 Å². The molecule has 2 N–H and O–H groups in total. The molecular formula is C17H20N2O4S. The summed E-state index contributed by atoms with van der Waals surface area (Å²) in [5, 5.41) is 2.61. The molecule has 0 saturated heterocycles. The quantitative estimate of drug-likeness (QED) is 0.760. The molecule has 0 radical (unpaired) electrons. The Hall–Kier alpha value is -2.38. The van der Waals surface area contributed by atoms with Crippen molar-refractivity contribution < 1.29 is 17.9 Å². The van der Waals surface area contributed by atoms with Crippen molar-refractivity contribution in [1.82, 2.24) is 10.0 Å². The second-order valence-electron chi connectivity index (χ2n) is 5.02. The van der Waals surface area contributed by atoms with Gasteiger partial charge in [-0.15, -0.1) is 0 Å². The second kappa shape index (κ2) is 8.47. The van der Waals surface area contributed by atoms with Crippen LogP contribution >= 0.6 is 0 Å². The minimum absolute atomic E-state index is 0.105. The Balaban J connectivity index is 1.94. The number of rotatable bonds is 8. The fourth-order valence-corrected chi connectivity index (χ4v) is 2.99. The first-order valence-electron chi connectivity index (χ1n) is 7.54. The van der Waals surface area contributed by atoms with Gasteiger partial charge in [-0.1, -0.05) is 30.3 Å². The molecular weight excluding hydrogens is 328 g/mol. The maximum absolute atomic E-state index is 12.3. The maximum Gasteiger partial charge on any atom is 0.257 e. The van der Waals surface area contributed by atoms with Crippen molar-refractivity contribution in [2.24, 2.45) is 0 Å². The average molecular weight is 348 g/mol. The summed E-state index contributed by atoms with van der Waals surface area (Å²) in [6, 6.07) is 15.2. The minimum Gasteiger partial charge on any atom is -0.484 e. The topological polar surface area (TPSA) is 84.5 Å². The van der Waals surface area contributed by atoms with Gasteiger partial charge in [0.1, 0.15) is 5.75 Å². The standard InChI is InChI=1S/C17H20N2O4S/c1-2-18-17(20)13-23-15-8-10-16(11-9-15)24(21,22)19-12-14-6-4-3-5-7-14/h3-11,19H,2,12-13H2,1H3,(H,18,20). The van der Waals surface area contributed by atoms with E-state index in [1.54, 1.807) is 0 Å². The van der Waals surface area contributed by atoms with E-state index in [4.69, 9.17) is 4.74 Å². The number of hydrogen-bond donors (Lipinski definition) is 2. The predicted octanol–water partition coefficient (Wildman–Crippen LogP) is 1.68. The van der Waals surface area contributed by atoms with E-state index in [0.717, 1.165) is 5.56 Å². The number of likely N-dealkylation sites (N-methyl/N-ethyl adjacent to an activating group) is 1. The number of carbonyl (C=O) groups is 1. The summed E-state index contributed by atoms with van der Waals surface area (Å²) in [4.78, 5) is 11.5. The van der Waals surface area contributed by atoms with Crippen LogP contribution in [0.1, 0.15) is 12.5 Å². The van der Waals surface area contributed by atoms with Crippen LogP contribution in [0.4, 0.5) is 0 Å². The minimum atomic E-state index is -3.60. The molecule has 0 aliphatic rings. The molecule has 0 heterocycles. The van der Waals surface area contributed by atoms with Crippen LogP contribution in [0.5, 0.6) is 5.75 Å². The van der Waals surface area contributed by atoms with Gasteiger partial charge in [0, 0.05) is 13.1 Å². The highest BCUT2D eigenvalue weighted by atomic mass is 32.2. The molecule has 0 aliphatic carbocycles. The monoisotopic (exact) mass is 348 g/mol. The highest BCUT2D eigenvalue weighted by Crippen LogP contribution is 2.16. The van der Waals surface area contributed by atoms with Gasteiger partial charge in [0.2, 0.25) is 10.0 Å². The summed E-state index contributed by atoms with van der Waals surface area (Å²) in [7, 11) is -3.60. The molecule has 0 aliphatic heterocycles. The number of sulfonamides is 1. The number of ether oxygens (including phenoxy) is 1. The van der Waals surface area contributed by atoms with Crippen molar-refractivity contribution in [3.63, 3.8) is 0 Å². The van der Waals surface area contributed by atoms with Gasteiger partial charge in [0.25, 0.3) is 5.91 Å². The van der Waals surface area contributed by atoms with Crippen molar-refractivity contribution in [1.29, 1.82) is 0 Å². The second-order valence-corrected chi connectivity index (χ2v) is 6.79. The lowest BCUT2D eigenvalue weighted by molar-refractivity contribution is -0.122. The normalized spacial score (nSPS) is 11.0. The van der Waals surface area contributed by atoms with Crippen molar-refractivity contribution in [2.75, 3.05) is 13.2 Å². The van der Waals surface area contributed by atoms with E-state index in [2.05, 4.69) is 10.0 Å². The van der Waals surface area contributed by atoms with E-state index in [9.17, 15) is 13.2 Å². The molecule has 2 rings (SSSR count). The van der Waals surface area contributed by atoms with Gasteiger partial charge >= 0.3 is 0 Å². The Morgan fingerprint density at radius 2 is 1.71 bits per heavy atom. The summed E-state index contributed by atoms with van der Waals surface area (Å²) >= 11 is 0. The van der Waals surface area contributed by atoms with Crippen LogP contribution in [0.2, 0.25) is 0 Å². The molecule has 0 bridgehead atoms. The van der Waals surface area contributed by atoms with Crippen molar-refractivity contribution in [3.05, 3.63) is 60.2 Å². The number of amides is 1. The average Bonchev–Trinajstić information content (AvgIpc) is 2.60. The Kier molecular flexibility index (Phi) is 6.34. The fraction of sp³-hybridized carbons (Fsp3) is 0.235. The van der Waals surface area contributed by atoms with Crippen LogP contribution in [0.15, 0.2) is 59.5 Å². The molecule has 0 spiro atoms. The van der Waals surface area contributed by atoms with Gasteiger partial charge in [-0.3, -0.25) is 4.79 Å². The van der Waals surface area contributed by atoms with Crippen LogP contribution in [0, 0.1) is 0 Å². The highest BCUT2D eigenvalue weighted by Gasteiger charge is 2.13. The van der Waals surface area contributed by atoms with E-state index in [0.29, 0.717) is 12.3 Å². The van der Waals surface area contributed by atoms with E-state index in [1.165, 1.54) is 24.3 Å². The molecule has 2 aromatic carbocycles. The highest BCUT2D eigenvalue weighted by molar-refractivity contribution is 7.89. The summed E-state index contributed by atoms with van der Waals surface area (Å²) in [6.45, 7) is 2.47. The zero-order chi connectivity index (χ0) is 17.4. The SMILES string of the molecule is CCNC(=O)COc1ccc(S(=O)(=O)NCc2ccccc2)cc1. The Morgan fingerprint density at radius 1 is 1.04 bits per heavy atom. The van der Waals surface area contributed by atoms with Gasteiger partial charge in [-0.2, -0.15) is 0 Å². The zero-order valence-corrected chi connectivity index (χ0v) is 14.2. The lowest BCUT2D eigenvalue weighted by atomic mass is 10.2. The van der Waals surface area contributed by atoms with Crippen LogP contribution in [-0.2, 0) is 21.4 Å². The van der Waals surface area contributed by atoms with Crippen LogP contribution in [0.3, 0.4) is 0 Å². The predicted molar refractivity (Wildman–Crippen MR) is 91.1 cm³/mol. The summed E-state index contributed by atoms with van der Waals surface area (Å²) in [5.41, 5.74) is 0.878. The fourth-order valence-electron chi connectivity index (χ4n) is 1.97. The molecule has 0 saturated carbocycles. The van der Waals surface area contributed by atoms with Gasteiger partial charge in [0.05, 0.1) is 4.90 Å². The molecule has 0 atom stereocenters. The maximum atomic E-state index is 12.3. The molecule has 2 aromatic rings. The lowest BCUT2D eigenvalue weighted by Crippen LogP contribution is -2.28. The zero-order valence-electron chi connectivity index (χ0n) is 13.4. The Bertz CT molecular complexity index is 759. The molecule has 128 valence electrons. The van der Waals surface area contributed by atoms with E-state index in [-0.39, 0.29) is 24.0 Å². The summed E-state index contributed by atoms with van der Waals surface area (Å²) in [5.74, 6) is 0.210. The molecule has 0 unspecified atom stereocenters. The van der Waals surface area contributed by atoms with Crippen LogP contribution < -0.4 is 14.8 Å². The molecule has 24 heavy (non-hydrogen) atoms. The Morgan fingerprint density at radius 3 is 2.33 bits per heavy atom.